The molecule has 0 amide bonds. The molecule has 0 radical (unpaired) electrons. The molecule has 0 saturated heterocycles. The summed E-state index contributed by atoms with van der Waals surface area (Å²) >= 11 is 7.18. The minimum atomic E-state index is -0.842. The van der Waals surface area contributed by atoms with Crippen molar-refractivity contribution in [2.45, 2.75) is 0 Å². The van der Waals surface area contributed by atoms with Crippen LogP contribution in [0, 0.1) is 10.1 Å². The fourth-order valence-corrected chi connectivity index (χ4v) is 3.92. The van der Waals surface area contributed by atoms with Gasteiger partial charge in [-0.25, -0.2) is 4.98 Å². The Bertz CT molecular complexity index is 1330. The highest BCUT2D eigenvalue weighted by molar-refractivity contribution is 7.17. The van der Waals surface area contributed by atoms with Crippen LogP contribution in [-0.4, -0.2) is 20.8 Å². The molecular weight excluding hydrogens is 416 g/mol. The van der Waals surface area contributed by atoms with Gasteiger partial charge in [-0.3, -0.25) is 14.9 Å². The van der Waals surface area contributed by atoms with Crippen LogP contribution >= 0.6 is 22.9 Å². The van der Waals surface area contributed by atoms with Gasteiger partial charge in [0.15, 0.2) is 0 Å². The number of thiophene rings is 1. The molecule has 0 unspecified atom stereocenters. The predicted octanol–water partition coefficient (Wildman–Crippen LogP) is 3.64. The first-order chi connectivity index (χ1) is 14.0. The fourth-order valence-electron chi connectivity index (χ4n) is 2.79. The second-order valence-corrected chi connectivity index (χ2v) is 7.23. The largest absolute Gasteiger partial charge is 0.867 e. The van der Waals surface area contributed by atoms with Gasteiger partial charge in [-0.15, -0.1) is 11.3 Å². The molecule has 4 aromatic rings. The molecule has 0 aliphatic heterocycles. The number of nitrogens with zero attached hydrogens (tertiary/aromatic N) is 4. The second-order valence-electron chi connectivity index (χ2n) is 5.93. The summed E-state index contributed by atoms with van der Waals surface area (Å²) in [6.07, 6.45) is 2.29. The normalized spacial score (nSPS) is 11.3. The van der Waals surface area contributed by atoms with Gasteiger partial charge < -0.3 is 5.11 Å². The number of hydrogen-bond acceptors (Lipinski definition) is 7. The zero-order valence-electron chi connectivity index (χ0n) is 14.5. The van der Waals surface area contributed by atoms with E-state index in [1.54, 1.807) is 0 Å². The number of fused-ring (bicyclic) bond motifs is 1. The van der Waals surface area contributed by atoms with Crippen molar-refractivity contribution in [3.63, 3.8) is 0 Å². The molecule has 0 N–H and O–H groups in total. The molecule has 2 heterocycles. The zero-order chi connectivity index (χ0) is 20.5. The van der Waals surface area contributed by atoms with E-state index in [0.29, 0.717) is 10.2 Å². The minimum Gasteiger partial charge on any atom is -0.867 e. The number of nitro benzene ring substituents is 1. The first kappa shape index (κ1) is 18.8. The Morgan fingerprint density at radius 3 is 2.72 bits per heavy atom. The molecule has 144 valence electrons. The summed E-state index contributed by atoms with van der Waals surface area (Å²) in [5.74, 6) is -0.842. The highest BCUT2D eigenvalue weighted by Crippen LogP contribution is 2.31. The van der Waals surface area contributed by atoms with Crippen LogP contribution < -0.4 is 10.7 Å². The Hall–Kier alpha value is -3.56. The van der Waals surface area contributed by atoms with E-state index in [1.165, 1.54) is 23.7 Å². The van der Waals surface area contributed by atoms with Crippen molar-refractivity contribution in [2.24, 2.45) is 5.10 Å². The molecule has 2 aromatic heterocycles. The molecule has 29 heavy (non-hydrogen) atoms. The van der Waals surface area contributed by atoms with Gasteiger partial charge >= 0.3 is 0 Å². The number of rotatable bonds is 4. The lowest BCUT2D eigenvalue weighted by Gasteiger charge is -2.10. The van der Waals surface area contributed by atoms with Crippen molar-refractivity contribution in [2.75, 3.05) is 0 Å². The molecule has 0 spiro atoms. The molecular formula is C19H10ClN4O4S-. The van der Waals surface area contributed by atoms with Crippen molar-refractivity contribution < 1.29 is 10.0 Å². The van der Waals surface area contributed by atoms with E-state index in [9.17, 15) is 20.0 Å². The molecule has 8 nitrogen and oxygen atoms in total. The topological polar surface area (TPSA) is 113 Å². The van der Waals surface area contributed by atoms with Crippen molar-refractivity contribution in [1.29, 1.82) is 0 Å². The fraction of sp³-hybridized carbons (Fsp3) is 0. The summed E-state index contributed by atoms with van der Waals surface area (Å²) < 4.78 is 0.980. The van der Waals surface area contributed by atoms with E-state index in [2.05, 4.69) is 10.1 Å². The van der Waals surface area contributed by atoms with Crippen LogP contribution in [0.25, 0.3) is 21.3 Å². The number of aromatic nitrogens is 2. The van der Waals surface area contributed by atoms with Gasteiger partial charge in [0.05, 0.1) is 16.5 Å². The molecule has 0 aliphatic rings. The minimum absolute atomic E-state index is 0.0165. The van der Waals surface area contributed by atoms with Crippen LogP contribution in [0.4, 0.5) is 5.69 Å². The summed E-state index contributed by atoms with van der Waals surface area (Å²) in [6.45, 7) is 0. The van der Waals surface area contributed by atoms with Gasteiger partial charge in [0.2, 0.25) is 0 Å². The lowest BCUT2D eigenvalue weighted by molar-refractivity contribution is -0.398. The highest BCUT2D eigenvalue weighted by Gasteiger charge is 2.14. The second kappa shape index (κ2) is 7.46. The van der Waals surface area contributed by atoms with Crippen LogP contribution in [0.2, 0.25) is 5.02 Å². The third-order valence-corrected chi connectivity index (χ3v) is 5.25. The SMILES string of the molecule is O=c1c2c(-c3ccccc3)csc2ncn1/N=C\c1cc(Cl)cc([N+](=O)[O-])c1[O-]. The van der Waals surface area contributed by atoms with Gasteiger partial charge in [-0.1, -0.05) is 41.9 Å². The quantitative estimate of drug-likeness (QED) is 0.281. The van der Waals surface area contributed by atoms with Crippen molar-refractivity contribution in [3.8, 4) is 16.9 Å². The van der Waals surface area contributed by atoms with Crippen LogP contribution in [0.5, 0.6) is 5.75 Å². The predicted molar refractivity (Wildman–Crippen MR) is 110 cm³/mol. The summed E-state index contributed by atoms with van der Waals surface area (Å²) in [6, 6.07) is 11.6. The van der Waals surface area contributed by atoms with Crippen molar-refractivity contribution in [3.05, 3.63) is 85.2 Å². The van der Waals surface area contributed by atoms with Crippen LogP contribution in [0.3, 0.4) is 0 Å². The lowest BCUT2D eigenvalue weighted by Crippen LogP contribution is -2.17. The van der Waals surface area contributed by atoms with Gasteiger partial charge in [0.25, 0.3) is 11.2 Å². The third-order valence-electron chi connectivity index (χ3n) is 4.14. The maximum absolute atomic E-state index is 12.9. The van der Waals surface area contributed by atoms with E-state index in [1.807, 2.05) is 35.7 Å². The van der Waals surface area contributed by atoms with Gasteiger partial charge in [-0.2, -0.15) is 9.78 Å². The molecule has 4 rings (SSSR count). The van der Waals surface area contributed by atoms with E-state index < -0.39 is 21.9 Å². The Kier molecular flexibility index (Phi) is 4.83. The molecule has 0 atom stereocenters. The first-order valence-electron chi connectivity index (χ1n) is 8.19. The zero-order valence-corrected chi connectivity index (χ0v) is 16.1. The van der Waals surface area contributed by atoms with Crippen LogP contribution in [0.15, 0.2) is 64.1 Å². The number of hydrogen-bond donors (Lipinski definition) is 0. The highest BCUT2D eigenvalue weighted by atomic mass is 35.5. The Labute approximate surface area is 172 Å². The van der Waals surface area contributed by atoms with Crippen molar-refractivity contribution >= 4 is 45.1 Å². The monoisotopic (exact) mass is 425 g/mol. The maximum atomic E-state index is 12.9. The summed E-state index contributed by atoms with van der Waals surface area (Å²) in [7, 11) is 0. The van der Waals surface area contributed by atoms with Crippen LogP contribution in [0.1, 0.15) is 5.56 Å². The lowest BCUT2D eigenvalue weighted by atomic mass is 10.1. The number of benzene rings is 2. The summed E-state index contributed by atoms with van der Waals surface area (Å²) in [5.41, 5.74) is 0.409. The first-order valence-corrected chi connectivity index (χ1v) is 9.45. The average Bonchev–Trinajstić information content (AvgIpc) is 3.15. The molecule has 10 heteroatoms. The molecule has 0 fully saturated rings. The number of nitro groups is 1. The molecule has 0 saturated carbocycles. The van der Waals surface area contributed by atoms with E-state index in [-0.39, 0.29) is 10.6 Å². The molecule has 0 bridgehead atoms. The smallest absolute Gasteiger partial charge is 0.283 e. The molecule has 0 aliphatic carbocycles. The Morgan fingerprint density at radius 2 is 2.00 bits per heavy atom. The van der Waals surface area contributed by atoms with E-state index in [4.69, 9.17) is 11.6 Å². The van der Waals surface area contributed by atoms with E-state index in [0.717, 1.165) is 28.1 Å². The van der Waals surface area contributed by atoms with Crippen molar-refractivity contribution in [1.82, 2.24) is 9.66 Å². The maximum Gasteiger partial charge on any atom is 0.283 e. The third kappa shape index (κ3) is 3.48. The summed E-state index contributed by atoms with van der Waals surface area (Å²) in [5, 5.41) is 29.4. The van der Waals surface area contributed by atoms with Crippen LogP contribution in [-0.2, 0) is 0 Å². The number of halogens is 1. The Morgan fingerprint density at radius 1 is 1.24 bits per heavy atom. The summed E-state index contributed by atoms with van der Waals surface area (Å²) in [4.78, 5) is 27.9. The van der Waals surface area contributed by atoms with Gasteiger partial charge in [-0.05, 0) is 22.9 Å². The van der Waals surface area contributed by atoms with E-state index >= 15 is 0 Å². The standard InChI is InChI=1S/C19H11ClN4O4S/c20-13-6-12(17(25)15(7-13)24(27)28)8-22-23-10-21-18-16(19(23)26)14(9-29-18)11-4-2-1-3-5-11/h1-10,25H/p-1/b22-8-. The van der Waals surface area contributed by atoms with Gasteiger partial charge in [0.1, 0.15) is 11.2 Å². The Balaban J connectivity index is 1.81. The molecule has 2 aromatic carbocycles. The van der Waals surface area contributed by atoms with Gasteiger partial charge in [0, 0.05) is 22.0 Å². The average molecular weight is 426 g/mol.